The molecule has 1 N–H and O–H groups in total. The Kier molecular flexibility index (Phi) is 4.19. The number of pyridine rings is 1. The molecule has 1 aliphatic rings. The van der Waals surface area contributed by atoms with Crippen molar-refractivity contribution in [2.75, 3.05) is 6.61 Å². The fraction of sp³-hybridized carbons (Fsp3) is 0.222. The molecule has 1 aliphatic heterocycles. The van der Waals surface area contributed by atoms with Crippen molar-refractivity contribution in [3.63, 3.8) is 0 Å². The fourth-order valence-corrected chi connectivity index (χ4v) is 2.52. The third-order valence-corrected chi connectivity index (χ3v) is 3.67. The van der Waals surface area contributed by atoms with Gasteiger partial charge in [0.15, 0.2) is 0 Å². The highest BCUT2D eigenvalue weighted by Crippen LogP contribution is 2.26. The summed E-state index contributed by atoms with van der Waals surface area (Å²) in [5.41, 5.74) is 4.26. The first-order chi connectivity index (χ1) is 10.8. The Balaban J connectivity index is 1.71. The lowest BCUT2D eigenvalue weighted by Gasteiger charge is -2.10. The number of ether oxygens (including phenoxy) is 1. The maximum atomic E-state index is 11.7. The van der Waals surface area contributed by atoms with E-state index >= 15 is 0 Å². The summed E-state index contributed by atoms with van der Waals surface area (Å²) in [5, 5.41) is 3.09. The van der Waals surface area contributed by atoms with Crippen LogP contribution >= 0.6 is 0 Å². The number of benzene rings is 1. The Hall–Kier alpha value is -2.62. The fourth-order valence-electron chi connectivity index (χ4n) is 2.52. The molecule has 2 heterocycles. The van der Waals surface area contributed by atoms with Crippen molar-refractivity contribution in [1.82, 2.24) is 10.3 Å². The molecule has 0 bridgehead atoms. The van der Waals surface area contributed by atoms with Gasteiger partial charge in [0.2, 0.25) is 0 Å². The van der Waals surface area contributed by atoms with Crippen molar-refractivity contribution in [2.24, 2.45) is 0 Å². The molecular weight excluding hydrogens is 276 g/mol. The summed E-state index contributed by atoms with van der Waals surface area (Å²) in [6.45, 7) is 2.22. The number of carbonyl (C=O) groups is 1. The minimum atomic E-state index is -0.273. The highest BCUT2D eigenvalue weighted by molar-refractivity contribution is 5.82. The van der Waals surface area contributed by atoms with Gasteiger partial charge >= 0.3 is 5.97 Å². The van der Waals surface area contributed by atoms with Gasteiger partial charge in [-0.05, 0) is 30.2 Å². The summed E-state index contributed by atoms with van der Waals surface area (Å²) < 4.78 is 5.04. The van der Waals surface area contributed by atoms with Crippen LogP contribution in [-0.2, 0) is 9.53 Å². The Morgan fingerprint density at radius 1 is 1.23 bits per heavy atom. The van der Waals surface area contributed by atoms with Crippen molar-refractivity contribution in [2.45, 2.75) is 19.4 Å². The number of nitrogens with one attached hydrogen (secondary N) is 1. The van der Waals surface area contributed by atoms with Crippen LogP contribution in [0.1, 0.15) is 18.9 Å². The molecule has 0 fully saturated rings. The van der Waals surface area contributed by atoms with E-state index in [-0.39, 0.29) is 12.0 Å². The summed E-state index contributed by atoms with van der Waals surface area (Å²) in [7, 11) is 0. The number of nitrogens with zero attached hydrogens (tertiary/aromatic N) is 1. The van der Waals surface area contributed by atoms with Crippen molar-refractivity contribution in [3.8, 4) is 11.3 Å². The van der Waals surface area contributed by atoms with Gasteiger partial charge in [-0.15, -0.1) is 0 Å². The number of hydrogen-bond donors (Lipinski definition) is 1. The second-order valence-electron chi connectivity index (χ2n) is 5.14. The minimum Gasteiger partial charge on any atom is -0.464 e. The first-order valence-electron chi connectivity index (χ1n) is 7.41. The van der Waals surface area contributed by atoms with E-state index in [9.17, 15) is 4.79 Å². The molecule has 0 spiro atoms. The first kappa shape index (κ1) is 14.3. The number of aromatic nitrogens is 1. The van der Waals surface area contributed by atoms with Crippen LogP contribution < -0.4 is 5.32 Å². The van der Waals surface area contributed by atoms with Crippen molar-refractivity contribution >= 4 is 11.5 Å². The van der Waals surface area contributed by atoms with Gasteiger partial charge in [0.1, 0.15) is 6.04 Å². The maximum Gasteiger partial charge on any atom is 0.328 e. The molecule has 1 aromatic heterocycles. The molecule has 0 amide bonds. The topological polar surface area (TPSA) is 51.2 Å². The van der Waals surface area contributed by atoms with Crippen LogP contribution in [0.5, 0.6) is 0 Å². The monoisotopic (exact) mass is 294 g/mol. The SMILES string of the molecule is CCOC(=O)C1CC(c2ccc(-c3ccccn3)cc2)=CN1. The standard InChI is InChI=1S/C18H18N2O2/c1-2-22-18(21)17-11-15(12-20-17)13-6-8-14(9-7-13)16-5-3-4-10-19-16/h3-10,12,17,20H,2,11H2,1H3. The van der Waals surface area contributed by atoms with Gasteiger partial charge in [0.05, 0.1) is 12.3 Å². The van der Waals surface area contributed by atoms with Gasteiger partial charge in [-0.2, -0.15) is 0 Å². The van der Waals surface area contributed by atoms with E-state index in [0.717, 1.165) is 22.4 Å². The molecule has 4 heteroatoms. The van der Waals surface area contributed by atoms with E-state index in [1.165, 1.54) is 0 Å². The van der Waals surface area contributed by atoms with Gasteiger partial charge < -0.3 is 10.1 Å². The number of carbonyl (C=O) groups excluding carboxylic acids is 1. The molecule has 4 nitrogen and oxygen atoms in total. The van der Waals surface area contributed by atoms with E-state index < -0.39 is 0 Å². The molecule has 22 heavy (non-hydrogen) atoms. The van der Waals surface area contributed by atoms with Crippen molar-refractivity contribution in [1.29, 1.82) is 0 Å². The quantitative estimate of drug-likeness (QED) is 0.881. The van der Waals surface area contributed by atoms with Crippen LogP contribution in [0.25, 0.3) is 16.8 Å². The van der Waals surface area contributed by atoms with Crippen LogP contribution in [0.2, 0.25) is 0 Å². The number of rotatable bonds is 4. The molecule has 112 valence electrons. The molecule has 0 aliphatic carbocycles. The highest BCUT2D eigenvalue weighted by Gasteiger charge is 2.25. The zero-order valence-electron chi connectivity index (χ0n) is 12.5. The van der Waals surface area contributed by atoms with E-state index in [0.29, 0.717) is 13.0 Å². The van der Waals surface area contributed by atoms with Gasteiger partial charge in [0, 0.05) is 24.4 Å². The zero-order chi connectivity index (χ0) is 15.4. The summed E-state index contributed by atoms with van der Waals surface area (Å²) in [6, 6.07) is 13.8. The third kappa shape index (κ3) is 3.01. The highest BCUT2D eigenvalue weighted by atomic mass is 16.5. The van der Waals surface area contributed by atoms with Gasteiger partial charge in [0.25, 0.3) is 0 Å². The summed E-state index contributed by atoms with van der Waals surface area (Å²) in [6.07, 6.45) is 4.34. The molecular formula is C18H18N2O2. The van der Waals surface area contributed by atoms with Gasteiger partial charge in [-0.25, -0.2) is 4.79 Å². The maximum absolute atomic E-state index is 11.7. The second kappa shape index (κ2) is 6.43. The lowest BCUT2D eigenvalue weighted by atomic mass is 10.0. The van der Waals surface area contributed by atoms with E-state index in [2.05, 4.69) is 34.6 Å². The Morgan fingerprint density at radius 3 is 2.68 bits per heavy atom. The molecule has 0 saturated carbocycles. The lowest BCUT2D eigenvalue weighted by Crippen LogP contribution is -2.31. The lowest BCUT2D eigenvalue weighted by molar-refractivity contribution is -0.145. The molecule has 0 saturated heterocycles. The molecule has 3 rings (SSSR count). The van der Waals surface area contributed by atoms with Crippen molar-refractivity contribution < 1.29 is 9.53 Å². The molecule has 0 radical (unpaired) electrons. The minimum absolute atomic E-state index is 0.196. The zero-order valence-corrected chi connectivity index (χ0v) is 12.5. The average molecular weight is 294 g/mol. The van der Waals surface area contributed by atoms with Gasteiger partial charge in [-0.3, -0.25) is 4.98 Å². The first-order valence-corrected chi connectivity index (χ1v) is 7.41. The van der Waals surface area contributed by atoms with Gasteiger partial charge in [-0.1, -0.05) is 30.3 Å². The predicted octanol–water partition coefficient (Wildman–Crippen LogP) is 3.01. The number of hydrogen-bond acceptors (Lipinski definition) is 4. The van der Waals surface area contributed by atoms with Crippen LogP contribution in [0.3, 0.4) is 0 Å². The molecule has 2 aromatic rings. The van der Waals surface area contributed by atoms with Crippen LogP contribution in [0.4, 0.5) is 0 Å². The second-order valence-corrected chi connectivity index (χ2v) is 5.14. The van der Waals surface area contributed by atoms with Crippen LogP contribution in [-0.4, -0.2) is 23.6 Å². The smallest absolute Gasteiger partial charge is 0.328 e. The summed E-state index contributed by atoms with van der Waals surface area (Å²) in [5.74, 6) is -0.196. The van der Waals surface area contributed by atoms with Crippen LogP contribution in [0.15, 0.2) is 54.9 Å². The predicted molar refractivity (Wildman–Crippen MR) is 85.8 cm³/mol. The Morgan fingerprint density at radius 2 is 2.00 bits per heavy atom. The third-order valence-electron chi connectivity index (χ3n) is 3.67. The Bertz CT molecular complexity index is 678. The molecule has 1 aromatic carbocycles. The van der Waals surface area contributed by atoms with E-state index in [1.807, 2.05) is 31.3 Å². The van der Waals surface area contributed by atoms with E-state index in [4.69, 9.17) is 4.74 Å². The summed E-state index contributed by atoms with van der Waals surface area (Å²) in [4.78, 5) is 16.1. The average Bonchev–Trinajstić information content (AvgIpc) is 3.06. The van der Waals surface area contributed by atoms with Crippen LogP contribution in [0, 0.1) is 0 Å². The van der Waals surface area contributed by atoms with Crippen molar-refractivity contribution in [3.05, 3.63) is 60.4 Å². The van der Waals surface area contributed by atoms with E-state index in [1.54, 1.807) is 6.20 Å². The molecule has 1 atom stereocenters. The molecule has 1 unspecified atom stereocenters. The largest absolute Gasteiger partial charge is 0.464 e. The number of esters is 1. The summed E-state index contributed by atoms with van der Waals surface area (Å²) >= 11 is 0. The Labute approximate surface area is 129 Å². The normalized spacial score (nSPS) is 16.8.